The molecular weight excluding hydrogens is 254 g/mol. The number of unbranched alkanes of at least 4 members (excludes halogenated alkanes) is 1. The summed E-state index contributed by atoms with van der Waals surface area (Å²) in [6, 6.07) is 0.248. The van der Waals surface area contributed by atoms with Crippen LogP contribution in [0.25, 0.3) is 0 Å². The first-order chi connectivity index (χ1) is 9.48. The van der Waals surface area contributed by atoms with Gasteiger partial charge in [-0.25, -0.2) is 4.98 Å². The normalized spacial score (nSPS) is 14.2. The van der Waals surface area contributed by atoms with Gasteiger partial charge in [0.05, 0.1) is 12.9 Å². The van der Waals surface area contributed by atoms with E-state index in [1.54, 1.807) is 6.20 Å². The van der Waals surface area contributed by atoms with Gasteiger partial charge in [-0.3, -0.25) is 10.1 Å². The molecule has 0 radical (unpaired) electrons. The zero-order valence-corrected chi connectivity index (χ0v) is 13.1. The van der Waals surface area contributed by atoms with Gasteiger partial charge < -0.3 is 9.30 Å². The van der Waals surface area contributed by atoms with E-state index in [2.05, 4.69) is 14.9 Å². The molecule has 0 fully saturated rings. The summed E-state index contributed by atoms with van der Waals surface area (Å²) in [6.45, 7) is 9.21. The average molecular weight is 281 g/mol. The van der Waals surface area contributed by atoms with Gasteiger partial charge >= 0.3 is 5.97 Å². The number of nitrogens with zero attached hydrogens (tertiary/aromatic N) is 2. The second-order valence-corrected chi connectivity index (χ2v) is 5.61. The lowest BCUT2D eigenvalue weighted by molar-refractivity contribution is -0.151. The van der Waals surface area contributed by atoms with Gasteiger partial charge in [0.2, 0.25) is 0 Å². The van der Waals surface area contributed by atoms with Crippen LogP contribution in [0.1, 0.15) is 47.0 Å². The van der Waals surface area contributed by atoms with Crippen molar-refractivity contribution in [1.82, 2.24) is 14.9 Å². The van der Waals surface area contributed by atoms with Crippen LogP contribution in [0.2, 0.25) is 0 Å². The molecule has 0 spiro atoms. The molecule has 5 nitrogen and oxygen atoms in total. The van der Waals surface area contributed by atoms with Gasteiger partial charge in [-0.05, 0) is 47.0 Å². The second kappa shape index (κ2) is 8.04. The molecular formula is C15H27N3O2. The molecule has 1 aromatic rings. The fourth-order valence-electron chi connectivity index (χ4n) is 2.35. The average Bonchev–Trinajstić information content (AvgIpc) is 2.87. The van der Waals surface area contributed by atoms with Crippen molar-refractivity contribution in [2.24, 2.45) is 0 Å². The number of carbonyl (C=O) groups is 1. The van der Waals surface area contributed by atoms with Crippen molar-refractivity contribution in [3.8, 4) is 0 Å². The number of rotatable bonds is 9. The predicted octanol–water partition coefficient (Wildman–Crippen LogP) is 2.37. The highest BCUT2D eigenvalue weighted by Gasteiger charge is 2.34. The standard InChI is InChI=1S/C15H27N3O2/c1-5-20-14(19)15(4,17-13(2)3)8-6-7-10-18-11-9-16-12-18/h9,11-13,17H,5-8,10H2,1-4H3. The number of carbonyl (C=O) groups excluding carboxylic acids is 1. The third-order valence-corrected chi connectivity index (χ3v) is 3.24. The predicted molar refractivity (Wildman–Crippen MR) is 79.4 cm³/mol. The lowest BCUT2D eigenvalue weighted by atomic mass is 9.93. The summed E-state index contributed by atoms with van der Waals surface area (Å²) in [5.41, 5.74) is -0.598. The monoisotopic (exact) mass is 281 g/mol. The summed E-state index contributed by atoms with van der Waals surface area (Å²) in [5.74, 6) is -0.156. The van der Waals surface area contributed by atoms with Gasteiger partial charge in [-0.2, -0.15) is 0 Å². The molecule has 0 aliphatic rings. The number of aryl methyl sites for hydroxylation is 1. The van der Waals surface area contributed by atoms with Crippen molar-refractivity contribution in [1.29, 1.82) is 0 Å². The minimum Gasteiger partial charge on any atom is -0.465 e. The van der Waals surface area contributed by atoms with E-state index in [0.29, 0.717) is 6.61 Å². The Morgan fingerprint density at radius 3 is 2.75 bits per heavy atom. The Kier molecular flexibility index (Phi) is 6.71. The van der Waals surface area contributed by atoms with Crippen LogP contribution >= 0.6 is 0 Å². The number of hydrogen-bond acceptors (Lipinski definition) is 4. The van der Waals surface area contributed by atoms with E-state index in [1.807, 2.05) is 40.2 Å². The molecule has 0 bridgehead atoms. The molecule has 20 heavy (non-hydrogen) atoms. The lowest BCUT2D eigenvalue weighted by Gasteiger charge is -2.30. The first-order valence-corrected chi connectivity index (χ1v) is 7.38. The van der Waals surface area contributed by atoms with E-state index in [0.717, 1.165) is 25.8 Å². The molecule has 1 N–H and O–H groups in total. The molecule has 114 valence electrons. The van der Waals surface area contributed by atoms with Gasteiger partial charge in [-0.1, -0.05) is 0 Å². The van der Waals surface area contributed by atoms with E-state index in [4.69, 9.17) is 4.74 Å². The van der Waals surface area contributed by atoms with Crippen molar-refractivity contribution in [2.75, 3.05) is 6.61 Å². The summed E-state index contributed by atoms with van der Waals surface area (Å²) in [6.07, 6.45) is 8.31. The molecule has 0 aliphatic heterocycles. The van der Waals surface area contributed by atoms with Crippen LogP contribution < -0.4 is 5.32 Å². The maximum Gasteiger partial charge on any atom is 0.326 e. The van der Waals surface area contributed by atoms with Crippen LogP contribution in [0, 0.1) is 0 Å². The Morgan fingerprint density at radius 2 is 2.20 bits per heavy atom. The fourth-order valence-corrected chi connectivity index (χ4v) is 2.35. The Bertz CT molecular complexity index is 390. The highest BCUT2D eigenvalue weighted by atomic mass is 16.5. The molecule has 0 saturated heterocycles. The molecule has 5 heteroatoms. The van der Waals surface area contributed by atoms with Crippen LogP contribution in [-0.2, 0) is 16.1 Å². The Labute approximate surface area is 121 Å². The second-order valence-electron chi connectivity index (χ2n) is 5.61. The van der Waals surface area contributed by atoms with Crippen molar-refractivity contribution >= 4 is 5.97 Å². The third kappa shape index (κ3) is 5.33. The van der Waals surface area contributed by atoms with Crippen molar-refractivity contribution in [3.05, 3.63) is 18.7 Å². The van der Waals surface area contributed by atoms with E-state index in [1.165, 1.54) is 0 Å². The summed E-state index contributed by atoms with van der Waals surface area (Å²) in [5, 5.41) is 3.34. The highest BCUT2D eigenvalue weighted by Crippen LogP contribution is 2.17. The zero-order valence-electron chi connectivity index (χ0n) is 13.1. The van der Waals surface area contributed by atoms with Crippen LogP contribution in [0.4, 0.5) is 0 Å². The Hall–Kier alpha value is -1.36. The van der Waals surface area contributed by atoms with Crippen molar-refractivity contribution in [2.45, 2.75) is 65.1 Å². The number of hydrogen-bond donors (Lipinski definition) is 1. The van der Waals surface area contributed by atoms with Gasteiger partial charge in [0.1, 0.15) is 5.54 Å². The van der Waals surface area contributed by atoms with E-state index in [-0.39, 0.29) is 12.0 Å². The molecule has 1 rings (SSSR count). The molecule has 0 saturated carbocycles. The van der Waals surface area contributed by atoms with Crippen LogP contribution in [0.5, 0.6) is 0 Å². The Balaban J connectivity index is 2.45. The largest absolute Gasteiger partial charge is 0.465 e. The number of aromatic nitrogens is 2. The number of nitrogens with one attached hydrogen (secondary N) is 1. The summed E-state index contributed by atoms with van der Waals surface area (Å²) in [7, 11) is 0. The van der Waals surface area contributed by atoms with Crippen molar-refractivity contribution in [3.63, 3.8) is 0 Å². The van der Waals surface area contributed by atoms with E-state index in [9.17, 15) is 4.79 Å². The van der Waals surface area contributed by atoms with E-state index >= 15 is 0 Å². The van der Waals surface area contributed by atoms with Gasteiger partial charge in [-0.15, -0.1) is 0 Å². The molecule has 1 unspecified atom stereocenters. The van der Waals surface area contributed by atoms with Gasteiger partial charge in [0.25, 0.3) is 0 Å². The Morgan fingerprint density at radius 1 is 1.45 bits per heavy atom. The first-order valence-electron chi connectivity index (χ1n) is 7.38. The van der Waals surface area contributed by atoms with Crippen LogP contribution in [-0.4, -0.2) is 33.7 Å². The third-order valence-electron chi connectivity index (χ3n) is 3.24. The first kappa shape index (κ1) is 16.7. The molecule has 1 atom stereocenters. The molecule has 1 aromatic heterocycles. The number of esters is 1. The summed E-state index contributed by atoms with van der Waals surface area (Å²) >= 11 is 0. The van der Waals surface area contributed by atoms with E-state index < -0.39 is 5.54 Å². The number of imidazole rings is 1. The molecule has 1 heterocycles. The smallest absolute Gasteiger partial charge is 0.326 e. The number of ether oxygens (including phenoxy) is 1. The minimum absolute atomic E-state index is 0.156. The van der Waals surface area contributed by atoms with Gasteiger partial charge in [0.15, 0.2) is 0 Å². The maximum absolute atomic E-state index is 12.1. The molecule has 0 aromatic carbocycles. The van der Waals surface area contributed by atoms with Crippen molar-refractivity contribution < 1.29 is 9.53 Å². The SMILES string of the molecule is CCOC(=O)C(C)(CCCCn1ccnc1)NC(C)C. The van der Waals surface area contributed by atoms with Gasteiger partial charge in [0, 0.05) is 25.0 Å². The zero-order chi connectivity index (χ0) is 15.0. The highest BCUT2D eigenvalue weighted by molar-refractivity contribution is 5.80. The summed E-state index contributed by atoms with van der Waals surface area (Å²) in [4.78, 5) is 16.1. The topological polar surface area (TPSA) is 56.2 Å². The molecule has 0 amide bonds. The summed E-state index contributed by atoms with van der Waals surface area (Å²) < 4.78 is 7.25. The fraction of sp³-hybridized carbons (Fsp3) is 0.733. The maximum atomic E-state index is 12.1. The lowest BCUT2D eigenvalue weighted by Crippen LogP contribution is -2.53. The minimum atomic E-state index is -0.598. The van der Waals surface area contributed by atoms with Crippen LogP contribution in [0.3, 0.4) is 0 Å². The quantitative estimate of drug-likeness (QED) is 0.558. The van der Waals surface area contributed by atoms with Crippen LogP contribution in [0.15, 0.2) is 18.7 Å². The molecule has 0 aliphatic carbocycles.